The van der Waals surface area contributed by atoms with Gasteiger partial charge in [0, 0.05) is 16.6 Å². The molecular formula is C23H17Cl3N4O4S2. The van der Waals surface area contributed by atoms with Crippen molar-refractivity contribution in [2.75, 3.05) is 10.0 Å². The number of ether oxygens (including phenoxy) is 1. The van der Waals surface area contributed by atoms with E-state index in [0.29, 0.717) is 10.7 Å². The van der Waals surface area contributed by atoms with Crippen LogP contribution in [0.4, 0.5) is 10.8 Å². The molecule has 0 saturated heterocycles. The number of aromatic nitrogens is 2. The molecule has 0 aliphatic rings. The molecule has 0 aliphatic carbocycles. The van der Waals surface area contributed by atoms with Crippen LogP contribution in [0.1, 0.15) is 20.9 Å². The fourth-order valence-electron chi connectivity index (χ4n) is 2.94. The molecule has 0 spiro atoms. The summed E-state index contributed by atoms with van der Waals surface area (Å²) in [5, 5.41) is 3.72. The summed E-state index contributed by atoms with van der Waals surface area (Å²) < 4.78 is 34.1. The van der Waals surface area contributed by atoms with Gasteiger partial charge in [0.15, 0.2) is 5.13 Å². The molecule has 4 rings (SSSR count). The first kappa shape index (κ1) is 26.2. The molecule has 0 atom stereocenters. The molecule has 0 aliphatic heterocycles. The number of anilines is 2. The van der Waals surface area contributed by atoms with Gasteiger partial charge in [-0.1, -0.05) is 40.9 Å². The number of benzene rings is 2. The minimum atomic E-state index is -4.08. The first-order valence-electron chi connectivity index (χ1n) is 10.2. The van der Waals surface area contributed by atoms with E-state index in [-0.39, 0.29) is 43.2 Å². The minimum absolute atomic E-state index is 0.0165. The fourth-order valence-corrected chi connectivity index (χ4v) is 5.34. The zero-order valence-electron chi connectivity index (χ0n) is 18.7. The van der Waals surface area contributed by atoms with E-state index in [2.05, 4.69) is 20.0 Å². The Kier molecular flexibility index (Phi) is 7.72. The second-order valence-electron chi connectivity index (χ2n) is 7.43. The summed E-state index contributed by atoms with van der Waals surface area (Å²) in [5.74, 6) is -0.204. The van der Waals surface area contributed by atoms with Gasteiger partial charge in [-0.15, -0.1) is 11.3 Å². The van der Waals surface area contributed by atoms with Crippen LogP contribution in [0, 0.1) is 13.8 Å². The average molecular weight is 584 g/mol. The third-order valence-corrected chi connectivity index (χ3v) is 8.12. The fraction of sp³-hybridized carbons (Fsp3) is 0.0870. The van der Waals surface area contributed by atoms with Crippen LogP contribution in [-0.4, -0.2) is 24.3 Å². The lowest BCUT2D eigenvalue weighted by Crippen LogP contribution is -2.14. The number of nitrogens with one attached hydrogen (secondary N) is 2. The van der Waals surface area contributed by atoms with Crippen LogP contribution in [0.25, 0.3) is 0 Å². The van der Waals surface area contributed by atoms with Gasteiger partial charge in [-0.05, 0) is 56.3 Å². The number of carbonyl (C=O) groups is 1. The number of aryl methyl sites for hydroxylation is 2. The topological polar surface area (TPSA) is 110 Å². The number of carbonyl (C=O) groups excluding carboxylic acids is 1. The largest absolute Gasteiger partial charge is 0.437 e. The van der Waals surface area contributed by atoms with Gasteiger partial charge < -0.3 is 4.74 Å². The zero-order chi connectivity index (χ0) is 26.0. The van der Waals surface area contributed by atoms with Crippen LogP contribution < -0.4 is 14.8 Å². The lowest BCUT2D eigenvalue weighted by Gasteiger charge is -2.14. The van der Waals surface area contributed by atoms with E-state index in [0.717, 1.165) is 10.6 Å². The van der Waals surface area contributed by atoms with Crippen LogP contribution >= 0.6 is 46.1 Å². The van der Waals surface area contributed by atoms with Gasteiger partial charge in [0.05, 0.1) is 25.7 Å². The normalized spacial score (nSPS) is 11.2. The molecule has 1 amide bonds. The predicted molar refractivity (Wildman–Crippen MR) is 143 cm³/mol. The maximum absolute atomic E-state index is 12.9. The molecule has 2 N–H and O–H groups in total. The quantitative estimate of drug-likeness (QED) is 0.243. The first-order chi connectivity index (χ1) is 17.0. The number of amides is 1. The number of nitrogens with zero attached hydrogens (tertiary/aromatic N) is 2. The van der Waals surface area contributed by atoms with Crippen LogP contribution in [0.3, 0.4) is 0 Å². The molecule has 4 aromatic rings. The molecule has 186 valence electrons. The Morgan fingerprint density at radius 3 is 2.50 bits per heavy atom. The number of rotatable bonds is 7. The van der Waals surface area contributed by atoms with Gasteiger partial charge in [0.2, 0.25) is 5.88 Å². The Bertz CT molecular complexity index is 1560. The number of hydrogen-bond acceptors (Lipinski definition) is 7. The van der Waals surface area contributed by atoms with E-state index in [1.165, 1.54) is 47.9 Å². The van der Waals surface area contributed by atoms with Crippen LogP contribution in [0.5, 0.6) is 11.6 Å². The van der Waals surface area contributed by atoms with E-state index in [1.54, 1.807) is 18.2 Å². The maximum atomic E-state index is 12.9. The number of thiazole rings is 1. The van der Waals surface area contributed by atoms with Gasteiger partial charge in [-0.3, -0.25) is 14.8 Å². The molecule has 13 heteroatoms. The van der Waals surface area contributed by atoms with Gasteiger partial charge >= 0.3 is 0 Å². The molecule has 0 fully saturated rings. The lowest BCUT2D eigenvalue weighted by molar-refractivity contribution is 0.102. The third-order valence-electron chi connectivity index (χ3n) is 4.82. The van der Waals surface area contributed by atoms with Crippen molar-refractivity contribution >= 4 is 72.9 Å². The highest BCUT2D eigenvalue weighted by molar-refractivity contribution is 7.92. The Balaban J connectivity index is 1.58. The third kappa shape index (κ3) is 6.08. The van der Waals surface area contributed by atoms with Crippen molar-refractivity contribution in [3.05, 3.63) is 85.9 Å². The van der Waals surface area contributed by atoms with E-state index < -0.39 is 10.0 Å². The first-order valence-corrected chi connectivity index (χ1v) is 13.6. The summed E-state index contributed by atoms with van der Waals surface area (Å²) in [7, 11) is -4.08. The van der Waals surface area contributed by atoms with Gasteiger partial charge in [0.25, 0.3) is 15.9 Å². The summed E-state index contributed by atoms with van der Waals surface area (Å²) in [6.45, 7) is 3.78. The second-order valence-corrected chi connectivity index (χ2v) is 11.6. The Hall–Kier alpha value is -2.89. The molecule has 2 aromatic carbocycles. The van der Waals surface area contributed by atoms with Crippen molar-refractivity contribution in [3.8, 4) is 11.6 Å². The molecule has 0 unspecified atom stereocenters. The molecular weight excluding hydrogens is 567 g/mol. The highest BCUT2D eigenvalue weighted by Crippen LogP contribution is 2.33. The maximum Gasteiger partial charge on any atom is 0.262 e. The van der Waals surface area contributed by atoms with Crippen molar-refractivity contribution in [2.24, 2.45) is 0 Å². The summed E-state index contributed by atoms with van der Waals surface area (Å²) in [5.41, 5.74) is 1.14. The SMILES string of the molecule is Cc1nc(NC(=O)c2cccc(Oc3ncc(Cl)cc3NS(=O)(=O)c3ccc(Cl)c(Cl)c3)c2)sc1C. The van der Waals surface area contributed by atoms with E-state index in [4.69, 9.17) is 39.5 Å². The molecule has 2 heterocycles. The summed E-state index contributed by atoms with van der Waals surface area (Å²) >= 11 is 19.3. The molecule has 2 aromatic heterocycles. The molecule has 0 radical (unpaired) electrons. The van der Waals surface area contributed by atoms with Crippen LogP contribution in [-0.2, 0) is 10.0 Å². The minimum Gasteiger partial charge on any atom is -0.437 e. The Morgan fingerprint density at radius 2 is 1.81 bits per heavy atom. The van der Waals surface area contributed by atoms with Crippen molar-refractivity contribution < 1.29 is 17.9 Å². The zero-order valence-corrected chi connectivity index (χ0v) is 22.6. The predicted octanol–water partition coefficient (Wildman–Crippen LogP) is 6.96. The average Bonchev–Trinajstić information content (AvgIpc) is 3.13. The number of pyridine rings is 1. The number of halogens is 3. The van der Waals surface area contributed by atoms with Crippen molar-refractivity contribution in [3.63, 3.8) is 0 Å². The molecule has 0 saturated carbocycles. The monoisotopic (exact) mass is 582 g/mol. The second kappa shape index (κ2) is 10.6. The summed E-state index contributed by atoms with van der Waals surface area (Å²) in [6.07, 6.45) is 1.30. The Morgan fingerprint density at radius 1 is 1.03 bits per heavy atom. The molecule has 0 bridgehead atoms. The summed E-state index contributed by atoms with van der Waals surface area (Å²) in [4.78, 5) is 22.0. The van der Waals surface area contributed by atoms with Crippen LogP contribution in [0.15, 0.2) is 59.6 Å². The Labute approximate surface area is 226 Å². The van der Waals surface area contributed by atoms with Crippen molar-refractivity contribution in [2.45, 2.75) is 18.7 Å². The number of sulfonamides is 1. The van der Waals surface area contributed by atoms with Crippen LogP contribution in [0.2, 0.25) is 15.1 Å². The van der Waals surface area contributed by atoms with E-state index in [1.807, 2.05) is 13.8 Å². The smallest absolute Gasteiger partial charge is 0.262 e. The van der Waals surface area contributed by atoms with Gasteiger partial charge in [-0.25, -0.2) is 18.4 Å². The highest BCUT2D eigenvalue weighted by Gasteiger charge is 2.20. The number of hydrogen-bond donors (Lipinski definition) is 2. The molecule has 36 heavy (non-hydrogen) atoms. The highest BCUT2D eigenvalue weighted by atomic mass is 35.5. The lowest BCUT2D eigenvalue weighted by atomic mass is 10.2. The summed E-state index contributed by atoms with van der Waals surface area (Å²) in [6, 6.07) is 11.6. The van der Waals surface area contributed by atoms with Crippen molar-refractivity contribution in [1.29, 1.82) is 0 Å². The molecule has 8 nitrogen and oxygen atoms in total. The standard InChI is InChI=1S/C23H17Cl3N4O4S2/c1-12-13(2)35-23(28-12)29-21(31)14-4-3-5-16(8-14)34-22-20(9-15(24)11-27-22)30-36(32,33)17-6-7-18(25)19(26)10-17/h3-11,30H,1-2H3,(H,28,29,31). The van der Waals surface area contributed by atoms with Gasteiger partial charge in [-0.2, -0.15) is 0 Å². The van der Waals surface area contributed by atoms with Crippen molar-refractivity contribution in [1.82, 2.24) is 9.97 Å². The van der Waals surface area contributed by atoms with E-state index in [9.17, 15) is 13.2 Å². The van der Waals surface area contributed by atoms with Gasteiger partial charge in [0.1, 0.15) is 11.4 Å². The van der Waals surface area contributed by atoms with E-state index >= 15 is 0 Å².